The van der Waals surface area contributed by atoms with Crippen LogP contribution >= 0.6 is 0 Å². The van der Waals surface area contributed by atoms with Crippen molar-refractivity contribution in [2.24, 2.45) is 5.92 Å². The van der Waals surface area contributed by atoms with Crippen molar-refractivity contribution in [3.8, 4) is 11.5 Å². The second-order valence-electron chi connectivity index (χ2n) is 10.4. The number of likely N-dealkylation sites (tertiary alicyclic amines) is 1. The molecule has 1 aromatic carbocycles. The molecule has 4 nitrogen and oxygen atoms in total. The van der Waals surface area contributed by atoms with Crippen molar-refractivity contribution in [3.05, 3.63) is 52.3 Å². The van der Waals surface area contributed by atoms with E-state index >= 15 is 0 Å². The molecule has 2 bridgehead atoms. The van der Waals surface area contributed by atoms with Crippen LogP contribution in [-0.4, -0.2) is 34.6 Å². The standard InChI is InChI=1S/C26H30N2O2/c1-28-10-9-26-19-12-17-11-18(15-5-3-2-4-6-15)14-27-23(17)25(26)30-24-21(29)8-7-16(22(24)26)13-20(19)28/h7-8,11,14-15,19-20,25,29H,2-6,9-10,12-13H2,1H3/t19-,20+,25-,26-/m0/s1. The largest absolute Gasteiger partial charge is 0.504 e. The summed E-state index contributed by atoms with van der Waals surface area (Å²) in [6, 6.07) is 6.99. The van der Waals surface area contributed by atoms with Gasteiger partial charge in [0.15, 0.2) is 17.6 Å². The zero-order valence-electron chi connectivity index (χ0n) is 17.7. The lowest BCUT2D eigenvalue weighted by Crippen LogP contribution is -2.62. The van der Waals surface area contributed by atoms with Gasteiger partial charge in [0, 0.05) is 23.2 Å². The predicted octanol–water partition coefficient (Wildman–Crippen LogP) is 4.64. The van der Waals surface area contributed by atoms with Crippen molar-refractivity contribution in [2.45, 2.75) is 74.8 Å². The Morgan fingerprint density at radius 3 is 2.87 bits per heavy atom. The van der Waals surface area contributed by atoms with Gasteiger partial charge in [-0.3, -0.25) is 4.98 Å². The van der Waals surface area contributed by atoms with Gasteiger partial charge in [-0.15, -0.1) is 0 Å². The number of fused-ring (bicyclic) bond motifs is 2. The average Bonchev–Trinajstić information content (AvgIpc) is 3.13. The third-order valence-electron chi connectivity index (χ3n) is 9.18. The maximum atomic E-state index is 10.7. The smallest absolute Gasteiger partial charge is 0.166 e. The van der Waals surface area contributed by atoms with Crippen molar-refractivity contribution < 1.29 is 9.84 Å². The van der Waals surface area contributed by atoms with E-state index < -0.39 is 0 Å². The molecule has 1 aromatic heterocycles. The Balaban J connectivity index is 1.40. The first-order valence-electron chi connectivity index (χ1n) is 11.9. The molecule has 5 aliphatic rings. The number of nitrogens with zero attached hydrogens (tertiary/aromatic N) is 2. The third-order valence-corrected chi connectivity index (χ3v) is 9.18. The highest BCUT2D eigenvalue weighted by Gasteiger charge is 2.64. The van der Waals surface area contributed by atoms with Crippen LogP contribution in [0, 0.1) is 5.92 Å². The summed E-state index contributed by atoms with van der Waals surface area (Å²) in [4.78, 5) is 7.65. The van der Waals surface area contributed by atoms with Gasteiger partial charge in [0.1, 0.15) is 0 Å². The number of pyridine rings is 1. The van der Waals surface area contributed by atoms with E-state index in [-0.39, 0.29) is 11.5 Å². The number of phenolic OH excluding ortho intramolecular Hbond substituents is 1. The van der Waals surface area contributed by atoms with Gasteiger partial charge in [0.05, 0.1) is 5.69 Å². The molecular weight excluding hydrogens is 372 g/mol. The third kappa shape index (κ3) is 2.08. The van der Waals surface area contributed by atoms with Crippen molar-refractivity contribution in [1.82, 2.24) is 9.88 Å². The van der Waals surface area contributed by atoms with Gasteiger partial charge in [0.2, 0.25) is 0 Å². The number of ether oxygens (including phenoxy) is 1. The van der Waals surface area contributed by atoms with E-state index in [1.807, 2.05) is 6.07 Å². The number of phenols is 1. The fraction of sp³-hybridized carbons (Fsp3) is 0.577. The lowest BCUT2D eigenvalue weighted by atomic mass is 9.51. The minimum Gasteiger partial charge on any atom is -0.504 e. The molecule has 30 heavy (non-hydrogen) atoms. The van der Waals surface area contributed by atoms with Crippen molar-refractivity contribution in [1.29, 1.82) is 0 Å². The Kier molecular flexibility index (Phi) is 3.52. The van der Waals surface area contributed by atoms with Crippen LogP contribution in [0.1, 0.15) is 78.5 Å². The van der Waals surface area contributed by atoms with Gasteiger partial charge in [0.25, 0.3) is 0 Å². The molecule has 2 aliphatic heterocycles. The summed E-state index contributed by atoms with van der Waals surface area (Å²) in [5, 5.41) is 10.7. The molecule has 0 unspecified atom stereocenters. The Morgan fingerprint density at radius 2 is 2.00 bits per heavy atom. The fourth-order valence-electron chi connectivity index (χ4n) is 7.74. The van der Waals surface area contributed by atoms with Crippen LogP contribution in [-0.2, 0) is 18.3 Å². The number of piperidine rings is 1. The Bertz CT molecular complexity index is 1040. The quantitative estimate of drug-likeness (QED) is 0.755. The lowest BCUT2D eigenvalue weighted by Gasteiger charge is -2.57. The Hall–Kier alpha value is -2.07. The number of aromatic hydroxyl groups is 1. The van der Waals surface area contributed by atoms with Crippen LogP contribution in [0.4, 0.5) is 0 Å². The summed E-state index contributed by atoms with van der Waals surface area (Å²) in [6.07, 6.45) is 12.0. The SMILES string of the molecule is CN1CC[C@]23c4c5ccc(O)c4O[C@H]2c2ncc(C4CCCCC4)cc2C[C@H]3[C@H]1C5. The second-order valence-corrected chi connectivity index (χ2v) is 10.4. The summed E-state index contributed by atoms with van der Waals surface area (Å²) in [5.41, 5.74) is 6.65. The summed E-state index contributed by atoms with van der Waals surface area (Å²) < 4.78 is 6.63. The number of hydrogen-bond acceptors (Lipinski definition) is 4. The first-order valence-corrected chi connectivity index (χ1v) is 11.9. The number of rotatable bonds is 1. The predicted molar refractivity (Wildman–Crippen MR) is 115 cm³/mol. The van der Waals surface area contributed by atoms with Gasteiger partial charge >= 0.3 is 0 Å². The molecule has 3 heterocycles. The van der Waals surface area contributed by atoms with E-state index in [0.29, 0.717) is 23.6 Å². The van der Waals surface area contributed by atoms with E-state index in [9.17, 15) is 5.11 Å². The van der Waals surface area contributed by atoms with Gasteiger partial charge in [-0.1, -0.05) is 31.4 Å². The van der Waals surface area contributed by atoms with E-state index in [1.165, 1.54) is 54.4 Å². The number of likely N-dealkylation sites (N-methyl/N-ethyl adjacent to an activating group) is 1. The van der Waals surface area contributed by atoms with E-state index in [4.69, 9.17) is 9.72 Å². The molecule has 1 saturated heterocycles. The maximum Gasteiger partial charge on any atom is 0.166 e. The highest BCUT2D eigenvalue weighted by molar-refractivity contribution is 5.62. The highest BCUT2D eigenvalue weighted by atomic mass is 16.5. The second kappa shape index (κ2) is 6.00. The number of benzene rings is 1. The van der Waals surface area contributed by atoms with Crippen LogP contribution in [0.15, 0.2) is 24.4 Å². The van der Waals surface area contributed by atoms with Crippen LogP contribution < -0.4 is 4.74 Å². The highest BCUT2D eigenvalue weighted by Crippen LogP contribution is 2.66. The van der Waals surface area contributed by atoms with E-state index in [0.717, 1.165) is 37.3 Å². The molecule has 0 amide bonds. The summed E-state index contributed by atoms with van der Waals surface area (Å²) >= 11 is 0. The molecule has 7 rings (SSSR count). The van der Waals surface area contributed by atoms with E-state index in [1.54, 1.807) is 0 Å². The zero-order valence-corrected chi connectivity index (χ0v) is 17.7. The molecule has 2 fully saturated rings. The molecule has 2 aromatic rings. The molecule has 4 heteroatoms. The first kappa shape index (κ1) is 17.6. The summed E-state index contributed by atoms with van der Waals surface area (Å²) in [6.45, 7) is 1.09. The zero-order chi connectivity index (χ0) is 20.0. The van der Waals surface area contributed by atoms with Crippen LogP contribution in [0.2, 0.25) is 0 Å². The van der Waals surface area contributed by atoms with Gasteiger partial charge in [-0.05, 0) is 80.3 Å². The topological polar surface area (TPSA) is 45.6 Å². The molecule has 1 N–H and O–H groups in total. The first-order chi connectivity index (χ1) is 14.7. The summed E-state index contributed by atoms with van der Waals surface area (Å²) in [7, 11) is 2.29. The molecule has 1 spiro atoms. The van der Waals surface area contributed by atoms with E-state index in [2.05, 4.69) is 30.3 Å². The molecule has 4 atom stereocenters. The van der Waals surface area contributed by atoms with Gasteiger partial charge in [-0.2, -0.15) is 0 Å². The molecular formula is C26H30N2O2. The van der Waals surface area contributed by atoms with Crippen LogP contribution in [0.3, 0.4) is 0 Å². The maximum absolute atomic E-state index is 10.7. The van der Waals surface area contributed by atoms with Crippen molar-refractivity contribution in [2.75, 3.05) is 13.6 Å². The van der Waals surface area contributed by atoms with Crippen molar-refractivity contribution in [3.63, 3.8) is 0 Å². The minimum atomic E-state index is -0.0507. The van der Waals surface area contributed by atoms with Gasteiger partial charge in [-0.25, -0.2) is 0 Å². The Labute approximate surface area is 178 Å². The fourth-order valence-corrected chi connectivity index (χ4v) is 7.74. The summed E-state index contributed by atoms with van der Waals surface area (Å²) in [5.74, 6) is 2.26. The number of hydrogen-bond donors (Lipinski definition) is 1. The molecule has 156 valence electrons. The molecule has 0 radical (unpaired) electrons. The molecule has 1 saturated carbocycles. The average molecular weight is 403 g/mol. The normalized spacial score (nSPS) is 34.2. The monoisotopic (exact) mass is 402 g/mol. The van der Waals surface area contributed by atoms with Crippen LogP contribution in [0.25, 0.3) is 0 Å². The minimum absolute atomic E-state index is 0.0226. The Morgan fingerprint density at radius 1 is 1.13 bits per heavy atom. The van der Waals surface area contributed by atoms with Crippen LogP contribution in [0.5, 0.6) is 11.5 Å². The van der Waals surface area contributed by atoms with Crippen molar-refractivity contribution >= 4 is 0 Å². The van der Waals surface area contributed by atoms with Gasteiger partial charge < -0.3 is 14.7 Å². The molecule has 3 aliphatic carbocycles. The number of aromatic nitrogens is 1. The lowest BCUT2D eigenvalue weighted by molar-refractivity contribution is -0.0261.